The van der Waals surface area contributed by atoms with Crippen molar-refractivity contribution in [3.05, 3.63) is 30.1 Å². The molecule has 0 radical (unpaired) electrons. The van der Waals surface area contributed by atoms with Gasteiger partial charge in [0.15, 0.2) is 18.5 Å². The number of carbonyl (C=O) groups excluding carboxylic acids is 1. The largest absolute Gasteiger partial charge is 0.394 e. The lowest BCUT2D eigenvalue weighted by Gasteiger charge is -2.10. The molecule has 2 heterocycles. The van der Waals surface area contributed by atoms with Crippen LogP contribution in [0.15, 0.2) is 24.5 Å². The van der Waals surface area contributed by atoms with Crippen molar-refractivity contribution in [2.24, 2.45) is 0 Å². The number of nitrogens with one attached hydrogen (secondary N) is 1. The Balaban J connectivity index is 2.21. The average Bonchev–Trinajstić information content (AvgIpc) is 2.75. The van der Waals surface area contributed by atoms with Crippen LogP contribution in [0.1, 0.15) is 23.5 Å². The maximum absolute atomic E-state index is 11.8. The number of hydrogen-bond donors (Lipinski definition) is 4. The number of pyridine rings is 1. The van der Waals surface area contributed by atoms with Crippen molar-refractivity contribution in [1.29, 1.82) is 0 Å². The van der Waals surface area contributed by atoms with Crippen LogP contribution in [0, 0.1) is 0 Å². The molecule has 2 rings (SSSR count). The van der Waals surface area contributed by atoms with Crippen molar-refractivity contribution >= 4 is 5.91 Å². The fraction of sp³-hybridized carbons (Fsp3) is 0.538. The van der Waals surface area contributed by atoms with Crippen LogP contribution in [-0.2, 0) is 4.74 Å². The summed E-state index contributed by atoms with van der Waals surface area (Å²) in [6.07, 6.45) is -0.839. The zero-order chi connectivity index (χ0) is 14.7. The Hall–Kier alpha value is -1.54. The Morgan fingerprint density at radius 2 is 2.20 bits per heavy atom. The first-order chi connectivity index (χ1) is 9.58. The van der Waals surface area contributed by atoms with Crippen molar-refractivity contribution in [1.82, 2.24) is 5.32 Å². The first kappa shape index (κ1) is 14.9. The molecule has 7 heteroatoms. The molecule has 110 valence electrons. The van der Waals surface area contributed by atoms with Gasteiger partial charge in [-0.1, -0.05) is 0 Å². The van der Waals surface area contributed by atoms with Crippen LogP contribution >= 0.6 is 0 Å². The van der Waals surface area contributed by atoms with Gasteiger partial charge in [0, 0.05) is 12.6 Å². The quantitative estimate of drug-likeness (QED) is 0.495. The lowest BCUT2D eigenvalue weighted by atomic mass is 10.1. The number of ether oxygens (including phenoxy) is 1. The molecule has 1 amide bonds. The summed E-state index contributed by atoms with van der Waals surface area (Å²) in [5, 5.41) is 31.4. The molecule has 1 saturated heterocycles. The van der Waals surface area contributed by atoms with Crippen molar-refractivity contribution in [3.8, 4) is 0 Å². The predicted octanol–water partition coefficient (Wildman–Crippen LogP) is -1.66. The molecule has 4 atom stereocenters. The minimum absolute atomic E-state index is 0.228. The molecule has 0 aliphatic carbocycles. The number of rotatable bonds is 4. The summed E-state index contributed by atoms with van der Waals surface area (Å²) in [5.41, 5.74) is 0.423. The van der Waals surface area contributed by atoms with Crippen LogP contribution in [0.3, 0.4) is 0 Å². The fourth-order valence-electron chi connectivity index (χ4n) is 2.17. The van der Waals surface area contributed by atoms with E-state index in [1.807, 2.05) is 6.92 Å². The molecule has 0 saturated carbocycles. The summed E-state index contributed by atoms with van der Waals surface area (Å²) in [6.45, 7) is 1.95. The van der Waals surface area contributed by atoms with Crippen LogP contribution in [-0.4, -0.2) is 52.7 Å². The van der Waals surface area contributed by atoms with Gasteiger partial charge in [0.05, 0.1) is 6.61 Å². The van der Waals surface area contributed by atoms with Gasteiger partial charge in [-0.3, -0.25) is 4.79 Å². The number of nitrogens with zero attached hydrogens (tertiary/aromatic N) is 1. The molecule has 4 N–H and O–H groups in total. The summed E-state index contributed by atoms with van der Waals surface area (Å²) in [7, 11) is 0. The van der Waals surface area contributed by atoms with Crippen molar-refractivity contribution in [3.63, 3.8) is 0 Å². The number of hydrogen-bond acceptors (Lipinski definition) is 5. The van der Waals surface area contributed by atoms with E-state index >= 15 is 0 Å². The van der Waals surface area contributed by atoms with E-state index in [1.54, 1.807) is 18.3 Å². The SMILES string of the molecule is CCNC(=O)c1ccc[n+]([C@@H]2O[C@H](CO)[C@@H](O)[C@H]2O)c1. The van der Waals surface area contributed by atoms with Crippen molar-refractivity contribution in [2.75, 3.05) is 13.2 Å². The minimum Gasteiger partial charge on any atom is -0.394 e. The molecule has 1 aliphatic rings. The maximum atomic E-state index is 11.8. The van der Waals surface area contributed by atoms with E-state index in [4.69, 9.17) is 9.84 Å². The molecule has 0 unspecified atom stereocenters. The molecular weight excluding hydrogens is 264 g/mol. The first-order valence-electron chi connectivity index (χ1n) is 6.50. The summed E-state index contributed by atoms with van der Waals surface area (Å²) >= 11 is 0. The topological polar surface area (TPSA) is 103 Å². The normalized spacial score (nSPS) is 29.4. The van der Waals surface area contributed by atoms with Crippen LogP contribution in [0.2, 0.25) is 0 Å². The second-order valence-electron chi connectivity index (χ2n) is 4.63. The summed E-state index contributed by atoms with van der Waals surface area (Å²) in [4.78, 5) is 11.8. The van der Waals surface area contributed by atoms with Crippen molar-refractivity contribution in [2.45, 2.75) is 31.5 Å². The van der Waals surface area contributed by atoms with Gasteiger partial charge in [-0.25, -0.2) is 0 Å². The van der Waals surface area contributed by atoms with Gasteiger partial charge < -0.3 is 25.4 Å². The third-order valence-electron chi connectivity index (χ3n) is 3.23. The fourth-order valence-corrected chi connectivity index (χ4v) is 2.17. The zero-order valence-corrected chi connectivity index (χ0v) is 11.1. The van der Waals surface area contributed by atoms with Gasteiger partial charge in [0.1, 0.15) is 17.8 Å². The molecule has 1 aliphatic heterocycles. The average molecular weight is 283 g/mol. The van der Waals surface area contributed by atoms with Gasteiger partial charge in [-0.15, -0.1) is 0 Å². The smallest absolute Gasteiger partial charge is 0.292 e. The lowest BCUT2D eigenvalue weighted by Crippen LogP contribution is -2.46. The Kier molecular flexibility index (Phi) is 4.66. The summed E-state index contributed by atoms with van der Waals surface area (Å²) in [5.74, 6) is -0.228. The maximum Gasteiger partial charge on any atom is 0.292 e. The van der Waals surface area contributed by atoms with Crippen LogP contribution < -0.4 is 9.88 Å². The molecule has 20 heavy (non-hydrogen) atoms. The zero-order valence-electron chi connectivity index (χ0n) is 11.1. The Labute approximate surface area is 116 Å². The van der Waals surface area contributed by atoms with Crippen molar-refractivity contribution < 1.29 is 29.4 Å². The number of amides is 1. The second-order valence-corrected chi connectivity index (χ2v) is 4.63. The van der Waals surface area contributed by atoms with E-state index in [1.165, 1.54) is 10.8 Å². The predicted molar refractivity (Wildman–Crippen MR) is 67.7 cm³/mol. The second kappa shape index (κ2) is 6.27. The van der Waals surface area contributed by atoms with E-state index in [-0.39, 0.29) is 12.5 Å². The Morgan fingerprint density at radius 1 is 1.45 bits per heavy atom. The standard InChI is InChI=1S/C13H18N2O5/c1-2-14-12(19)8-4-3-5-15(6-8)13-11(18)10(17)9(7-16)20-13/h3-6,9-11,13,16-18H,2,7H2,1H3/p+1/t9-,10-,11-,13-/m1/s1. The third-order valence-corrected chi connectivity index (χ3v) is 3.23. The molecule has 1 aromatic rings. The highest BCUT2D eigenvalue weighted by molar-refractivity contribution is 5.93. The van der Waals surface area contributed by atoms with Gasteiger partial charge in [0.2, 0.25) is 0 Å². The molecule has 1 aromatic heterocycles. The minimum atomic E-state index is -1.17. The van der Waals surface area contributed by atoms with E-state index in [2.05, 4.69) is 5.32 Å². The molecule has 0 spiro atoms. The van der Waals surface area contributed by atoms with E-state index in [0.717, 1.165) is 0 Å². The van der Waals surface area contributed by atoms with Crippen LogP contribution in [0.4, 0.5) is 0 Å². The Bertz CT molecular complexity index is 482. The number of aliphatic hydroxyl groups excluding tert-OH is 3. The molecule has 7 nitrogen and oxygen atoms in total. The van der Waals surface area contributed by atoms with Crippen LogP contribution in [0.5, 0.6) is 0 Å². The highest BCUT2D eigenvalue weighted by atomic mass is 16.6. The third kappa shape index (κ3) is 2.80. The number of aromatic nitrogens is 1. The molecular formula is C13H19N2O5+. The van der Waals surface area contributed by atoms with Gasteiger partial charge >= 0.3 is 0 Å². The number of aliphatic hydroxyl groups is 3. The highest BCUT2D eigenvalue weighted by Gasteiger charge is 2.47. The highest BCUT2D eigenvalue weighted by Crippen LogP contribution is 2.25. The molecule has 1 fully saturated rings. The number of carbonyl (C=O) groups is 1. The molecule has 0 aromatic carbocycles. The van der Waals surface area contributed by atoms with Gasteiger partial charge in [-0.05, 0) is 13.0 Å². The first-order valence-corrected chi connectivity index (χ1v) is 6.50. The Morgan fingerprint density at radius 3 is 2.80 bits per heavy atom. The van der Waals surface area contributed by atoms with Crippen LogP contribution in [0.25, 0.3) is 0 Å². The summed E-state index contributed by atoms with van der Waals surface area (Å²) < 4.78 is 6.91. The summed E-state index contributed by atoms with van der Waals surface area (Å²) in [6, 6.07) is 3.29. The lowest BCUT2D eigenvalue weighted by molar-refractivity contribution is -0.765. The van der Waals surface area contributed by atoms with Gasteiger partial charge in [-0.2, -0.15) is 4.57 Å². The monoisotopic (exact) mass is 283 g/mol. The van der Waals surface area contributed by atoms with E-state index in [0.29, 0.717) is 12.1 Å². The van der Waals surface area contributed by atoms with E-state index < -0.39 is 24.5 Å². The van der Waals surface area contributed by atoms with E-state index in [9.17, 15) is 15.0 Å². The van der Waals surface area contributed by atoms with Gasteiger partial charge in [0.25, 0.3) is 12.1 Å². The molecule has 0 bridgehead atoms.